The number of carbonyl (C=O) groups excluding carboxylic acids is 1. The summed E-state index contributed by atoms with van der Waals surface area (Å²) in [5.41, 5.74) is 2.28. The van der Waals surface area contributed by atoms with Gasteiger partial charge in [-0.2, -0.15) is 5.10 Å². The SMILES string of the molecule is CC(C)CNC(=O)CCCn1cc(-c2ccccc2)cn1. The molecular formula is C17H23N3O. The molecule has 0 aliphatic carbocycles. The molecule has 2 aromatic rings. The topological polar surface area (TPSA) is 46.9 Å². The lowest BCUT2D eigenvalue weighted by molar-refractivity contribution is -0.121. The van der Waals surface area contributed by atoms with Gasteiger partial charge in [0.1, 0.15) is 0 Å². The second kappa shape index (κ2) is 7.62. The van der Waals surface area contributed by atoms with Crippen molar-refractivity contribution in [1.29, 1.82) is 0 Å². The van der Waals surface area contributed by atoms with Crippen LogP contribution in [0.25, 0.3) is 11.1 Å². The van der Waals surface area contributed by atoms with Crippen molar-refractivity contribution < 1.29 is 4.79 Å². The van der Waals surface area contributed by atoms with Crippen LogP contribution in [0.3, 0.4) is 0 Å². The Labute approximate surface area is 126 Å². The van der Waals surface area contributed by atoms with Gasteiger partial charge in [-0.1, -0.05) is 44.2 Å². The number of benzene rings is 1. The first-order chi connectivity index (χ1) is 10.1. The number of nitrogens with zero attached hydrogens (tertiary/aromatic N) is 2. The molecule has 2 rings (SSSR count). The van der Waals surface area contributed by atoms with Crippen molar-refractivity contribution in [2.24, 2.45) is 5.92 Å². The maximum atomic E-state index is 11.6. The maximum absolute atomic E-state index is 11.6. The normalized spacial score (nSPS) is 10.8. The highest BCUT2D eigenvalue weighted by molar-refractivity contribution is 5.75. The zero-order valence-corrected chi connectivity index (χ0v) is 12.7. The van der Waals surface area contributed by atoms with E-state index >= 15 is 0 Å². The highest BCUT2D eigenvalue weighted by atomic mass is 16.1. The van der Waals surface area contributed by atoms with E-state index in [9.17, 15) is 4.79 Å². The van der Waals surface area contributed by atoms with Gasteiger partial charge in [0.25, 0.3) is 0 Å². The Hall–Kier alpha value is -2.10. The number of hydrogen-bond donors (Lipinski definition) is 1. The molecule has 0 bridgehead atoms. The lowest BCUT2D eigenvalue weighted by atomic mass is 10.1. The van der Waals surface area contributed by atoms with Crippen molar-refractivity contribution in [1.82, 2.24) is 15.1 Å². The van der Waals surface area contributed by atoms with E-state index in [0.717, 1.165) is 25.1 Å². The number of aryl methyl sites for hydroxylation is 1. The molecule has 0 aliphatic rings. The second-order valence-electron chi connectivity index (χ2n) is 5.66. The van der Waals surface area contributed by atoms with Gasteiger partial charge in [0, 0.05) is 31.3 Å². The van der Waals surface area contributed by atoms with E-state index in [1.807, 2.05) is 35.3 Å². The van der Waals surface area contributed by atoms with Crippen LogP contribution < -0.4 is 5.32 Å². The molecule has 1 aromatic carbocycles. The van der Waals surface area contributed by atoms with Gasteiger partial charge in [0.05, 0.1) is 6.20 Å². The van der Waals surface area contributed by atoms with Gasteiger partial charge in [-0.15, -0.1) is 0 Å². The van der Waals surface area contributed by atoms with Crippen LogP contribution in [-0.4, -0.2) is 22.2 Å². The minimum absolute atomic E-state index is 0.124. The van der Waals surface area contributed by atoms with Gasteiger partial charge in [-0.05, 0) is 17.9 Å². The van der Waals surface area contributed by atoms with Crippen LogP contribution in [0.1, 0.15) is 26.7 Å². The van der Waals surface area contributed by atoms with E-state index in [4.69, 9.17) is 0 Å². The monoisotopic (exact) mass is 285 g/mol. The summed E-state index contributed by atoms with van der Waals surface area (Å²) in [5.74, 6) is 0.618. The fraction of sp³-hybridized carbons (Fsp3) is 0.412. The summed E-state index contributed by atoms with van der Waals surface area (Å²) in [4.78, 5) is 11.6. The molecule has 0 spiro atoms. The smallest absolute Gasteiger partial charge is 0.220 e. The van der Waals surface area contributed by atoms with Gasteiger partial charge < -0.3 is 5.32 Å². The molecule has 0 aliphatic heterocycles. The summed E-state index contributed by atoms with van der Waals surface area (Å²) in [6, 6.07) is 10.2. The fourth-order valence-corrected chi connectivity index (χ4v) is 2.07. The van der Waals surface area contributed by atoms with Gasteiger partial charge in [-0.3, -0.25) is 9.48 Å². The third-order valence-corrected chi connectivity index (χ3v) is 3.24. The van der Waals surface area contributed by atoms with Crippen molar-refractivity contribution in [3.05, 3.63) is 42.7 Å². The van der Waals surface area contributed by atoms with E-state index in [-0.39, 0.29) is 5.91 Å². The molecule has 1 N–H and O–H groups in total. The summed E-state index contributed by atoms with van der Waals surface area (Å²) in [7, 11) is 0. The predicted molar refractivity (Wildman–Crippen MR) is 84.7 cm³/mol. The first-order valence-corrected chi connectivity index (χ1v) is 7.49. The minimum atomic E-state index is 0.124. The molecule has 4 nitrogen and oxygen atoms in total. The van der Waals surface area contributed by atoms with Gasteiger partial charge >= 0.3 is 0 Å². The standard InChI is InChI=1S/C17H23N3O/c1-14(2)11-18-17(21)9-6-10-20-13-16(12-19-20)15-7-4-3-5-8-15/h3-5,7-8,12-14H,6,9-11H2,1-2H3,(H,18,21). The Morgan fingerprint density at radius 1 is 1.24 bits per heavy atom. The summed E-state index contributed by atoms with van der Waals surface area (Å²) < 4.78 is 1.90. The first kappa shape index (κ1) is 15.3. The number of hydrogen-bond acceptors (Lipinski definition) is 2. The summed E-state index contributed by atoms with van der Waals surface area (Å²) in [6.07, 6.45) is 5.25. The molecule has 0 saturated carbocycles. The molecule has 4 heteroatoms. The van der Waals surface area contributed by atoms with Crippen molar-refractivity contribution in [2.75, 3.05) is 6.54 Å². The first-order valence-electron chi connectivity index (χ1n) is 7.49. The van der Waals surface area contributed by atoms with E-state index in [2.05, 4.69) is 36.4 Å². The molecule has 1 heterocycles. The number of aromatic nitrogens is 2. The summed E-state index contributed by atoms with van der Waals surface area (Å²) in [6.45, 7) is 5.70. The predicted octanol–water partition coefficient (Wildman–Crippen LogP) is 3.10. The van der Waals surface area contributed by atoms with Crippen molar-refractivity contribution in [2.45, 2.75) is 33.2 Å². The lowest BCUT2D eigenvalue weighted by Crippen LogP contribution is -2.27. The van der Waals surface area contributed by atoms with E-state index in [0.29, 0.717) is 12.3 Å². The molecule has 112 valence electrons. The van der Waals surface area contributed by atoms with Crippen LogP contribution in [0.2, 0.25) is 0 Å². The zero-order chi connectivity index (χ0) is 15.1. The highest BCUT2D eigenvalue weighted by Crippen LogP contribution is 2.17. The quantitative estimate of drug-likeness (QED) is 0.849. The van der Waals surface area contributed by atoms with Crippen molar-refractivity contribution >= 4 is 5.91 Å². The number of amides is 1. The van der Waals surface area contributed by atoms with Gasteiger partial charge in [-0.25, -0.2) is 0 Å². The van der Waals surface area contributed by atoms with Crippen molar-refractivity contribution in [3.8, 4) is 11.1 Å². The summed E-state index contributed by atoms with van der Waals surface area (Å²) >= 11 is 0. The molecule has 0 fully saturated rings. The molecular weight excluding hydrogens is 262 g/mol. The molecule has 0 unspecified atom stereocenters. The third-order valence-electron chi connectivity index (χ3n) is 3.24. The van der Waals surface area contributed by atoms with Crippen LogP contribution in [-0.2, 0) is 11.3 Å². The van der Waals surface area contributed by atoms with Crippen LogP contribution in [0.15, 0.2) is 42.7 Å². The average Bonchev–Trinajstić information content (AvgIpc) is 2.95. The minimum Gasteiger partial charge on any atom is -0.356 e. The van der Waals surface area contributed by atoms with Crippen LogP contribution in [0, 0.1) is 5.92 Å². The molecule has 0 saturated heterocycles. The van der Waals surface area contributed by atoms with Gasteiger partial charge in [0.15, 0.2) is 0 Å². The highest BCUT2D eigenvalue weighted by Gasteiger charge is 2.04. The Balaban J connectivity index is 1.77. The Morgan fingerprint density at radius 2 is 2.00 bits per heavy atom. The third kappa shape index (κ3) is 5.06. The van der Waals surface area contributed by atoms with Crippen LogP contribution in [0.4, 0.5) is 0 Å². The number of nitrogens with one attached hydrogen (secondary N) is 1. The number of carbonyl (C=O) groups is 1. The summed E-state index contributed by atoms with van der Waals surface area (Å²) in [5, 5.41) is 7.28. The van der Waals surface area contributed by atoms with E-state index < -0.39 is 0 Å². The Kier molecular flexibility index (Phi) is 5.55. The van der Waals surface area contributed by atoms with Gasteiger partial charge in [0.2, 0.25) is 5.91 Å². The maximum Gasteiger partial charge on any atom is 0.220 e. The molecule has 21 heavy (non-hydrogen) atoms. The molecule has 0 atom stereocenters. The van der Waals surface area contributed by atoms with E-state index in [1.54, 1.807) is 0 Å². The fourth-order valence-electron chi connectivity index (χ4n) is 2.07. The number of rotatable bonds is 7. The van der Waals surface area contributed by atoms with Crippen LogP contribution >= 0.6 is 0 Å². The van der Waals surface area contributed by atoms with E-state index in [1.165, 1.54) is 5.56 Å². The Bertz CT molecular complexity index is 560. The molecule has 0 radical (unpaired) electrons. The largest absolute Gasteiger partial charge is 0.356 e. The Morgan fingerprint density at radius 3 is 2.71 bits per heavy atom. The lowest BCUT2D eigenvalue weighted by Gasteiger charge is -2.07. The van der Waals surface area contributed by atoms with Crippen molar-refractivity contribution in [3.63, 3.8) is 0 Å². The zero-order valence-electron chi connectivity index (χ0n) is 12.7. The molecule has 1 aromatic heterocycles. The second-order valence-corrected chi connectivity index (χ2v) is 5.66. The average molecular weight is 285 g/mol. The molecule has 1 amide bonds. The van der Waals surface area contributed by atoms with Crippen LogP contribution in [0.5, 0.6) is 0 Å².